The number of hydrogen-bond donors (Lipinski definition) is 3. The van der Waals surface area contributed by atoms with Crippen molar-refractivity contribution in [2.45, 2.75) is 31.9 Å². The minimum atomic E-state index is -3.13. The number of aliphatic hydroxyl groups is 1. The second-order valence-corrected chi connectivity index (χ2v) is 9.51. The van der Waals surface area contributed by atoms with Crippen LogP contribution in [0.4, 0.5) is 0 Å². The Hall–Kier alpha value is -1.64. The van der Waals surface area contributed by atoms with Crippen molar-refractivity contribution in [3.63, 3.8) is 0 Å². The molecule has 7 nitrogen and oxygen atoms in total. The molecule has 0 bridgehead atoms. The number of ether oxygens (including phenoxy) is 1. The third-order valence-electron chi connectivity index (χ3n) is 4.90. The van der Waals surface area contributed by atoms with Crippen molar-refractivity contribution in [3.8, 4) is 0 Å². The van der Waals surface area contributed by atoms with Gasteiger partial charge in [0.15, 0.2) is 15.8 Å². The molecule has 1 fully saturated rings. The van der Waals surface area contributed by atoms with Gasteiger partial charge in [0.1, 0.15) is 0 Å². The normalized spacial score (nSPS) is 20.3. The molecule has 1 aliphatic rings. The summed E-state index contributed by atoms with van der Waals surface area (Å²) in [4.78, 5) is 4.64. The van der Waals surface area contributed by atoms with Crippen molar-refractivity contribution < 1.29 is 18.3 Å². The molecule has 0 aliphatic carbocycles. The molecule has 1 unspecified atom stereocenters. The first kappa shape index (κ1) is 22.6. The van der Waals surface area contributed by atoms with Gasteiger partial charge in [-0.1, -0.05) is 30.3 Å². The highest BCUT2D eigenvalue weighted by atomic mass is 32.2. The summed E-state index contributed by atoms with van der Waals surface area (Å²) in [6.07, 6.45) is 2.09. The van der Waals surface area contributed by atoms with Gasteiger partial charge in [-0.05, 0) is 31.7 Å². The van der Waals surface area contributed by atoms with Crippen molar-refractivity contribution in [3.05, 3.63) is 35.9 Å². The third-order valence-corrected chi connectivity index (χ3v) is 6.58. The molecule has 0 aromatic heterocycles. The molecule has 0 radical (unpaired) electrons. The number of rotatable bonds is 11. The van der Waals surface area contributed by atoms with Crippen molar-refractivity contribution >= 4 is 15.8 Å². The van der Waals surface area contributed by atoms with E-state index in [0.717, 1.165) is 18.5 Å². The highest BCUT2D eigenvalue weighted by Gasteiger charge is 2.34. The largest absolute Gasteiger partial charge is 0.396 e. The number of aliphatic imine (C=N–C) groups is 1. The van der Waals surface area contributed by atoms with Gasteiger partial charge in [-0.15, -0.1) is 0 Å². The minimum Gasteiger partial charge on any atom is -0.396 e. The van der Waals surface area contributed by atoms with E-state index in [9.17, 15) is 13.5 Å². The molecule has 1 atom stereocenters. The van der Waals surface area contributed by atoms with Crippen LogP contribution in [0.15, 0.2) is 35.3 Å². The Morgan fingerprint density at radius 3 is 2.71 bits per heavy atom. The first-order valence-electron chi connectivity index (χ1n) is 9.94. The maximum absolute atomic E-state index is 12.3. The fourth-order valence-corrected chi connectivity index (χ4v) is 4.70. The summed E-state index contributed by atoms with van der Waals surface area (Å²) in [6, 6.07) is 9.25. The summed E-state index contributed by atoms with van der Waals surface area (Å²) >= 11 is 0. The van der Waals surface area contributed by atoms with Gasteiger partial charge in [-0.25, -0.2) is 8.42 Å². The van der Waals surface area contributed by atoms with E-state index < -0.39 is 9.84 Å². The predicted molar refractivity (Wildman–Crippen MR) is 112 cm³/mol. The average Bonchev–Trinajstić information content (AvgIpc) is 3.13. The van der Waals surface area contributed by atoms with Gasteiger partial charge in [0.25, 0.3) is 0 Å². The Labute approximate surface area is 168 Å². The van der Waals surface area contributed by atoms with E-state index in [-0.39, 0.29) is 23.5 Å². The van der Waals surface area contributed by atoms with Crippen LogP contribution in [0.1, 0.15) is 31.7 Å². The Bertz CT molecular complexity index is 701. The van der Waals surface area contributed by atoms with E-state index in [2.05, 4.69) is 15.6 Å². The quantitative estimate of drug-likeness (QED) is 0.289. The molecular weight excluding hydrogens is 378 g/mol. The first-order valence-corrected chi connectivity index (χ1v) is 11.8. The van der Waals surface area contributed by atoms with Crippen LogP contribution in [0, 0.1) is 5.41 Å². The van der Waals surface area contributed by atoms with E-state index >= 15 is 0 Å². The molecule has 28 heavy (non-hydrogen) atoms. The SMILES string of the molecule is CCNC(=NCC1(CCO)CCOC1)NCCCS(=O)(=O)Cc1ccccc1. The Morgan fingerprint density at radius 1 is 1.29 bits per heavy atom. The Morgan fingerprint density at radius 2 is 2.07 bits per heavy atom. The number of guanidine groups is 1. The summed E-state index contributed by atoms with van der Waals surface area (Å²) in [5.41, 5.74) is 0.717. The van der Waals surface area contributed by atoms with E-state index in [1.54, 1.807) is 0 Å². The fourth-order valence-electron chi connectivity index (χ4n) is 3.28. The number of sulfone groups is 1. The van der Waals surface area contributed by atoms with Gasteiger partial charge in [0.2, 0.25) is 0 Å². The number of benzene rings is 1. The van der Waals surface area contributed by atoms with E-state index in [1.807, 2.05) is 37.3 Å². The maximum atomic E-state index is 12.3. The lowest BCUT2D eigenvalue weighted by Gasteiger charge is -2.24. The maximum Gasteiger partial charge on any atom is 0.191 e. The first-order chi connectivity index (χ1) is 13.5. The summed E-state index contributed by atoms with van der Waals surface area (Å²) in [5, 5.41) is 15.7. The number of hydrogen-bond acceptors (Lipinski definition) is 5. The number of nitrogens with zero attached hydrogens (tertiary/aromatic N) is 1. The topological polar surface area (TPSA) is 100 Å². The van der Waals surface area contributed by atoms with Gasteiger partial charge in [0.05, 0.1) is 24.7 Å². The Kier molecular flexibility index (Phi) is 9.21. The van der Waals surface area contributed by atoms with Gasteiger partial charge in [-0.3, -0.25) is 4.99 Å². The molecule has 1 heterocycles. The van der Waals surface area contributed by atoms with E-state index in [1.165, 1.54) is 0 Å². The van der Waals surface area contributed by atoms with Crippen LogP contribution in [0.5, 0.6) is 0 Å². The zero-order chi connectivity index (χ0) is 20.3. The van der Waals surface area contributed by atoms with Gasteiger partial charge >= 0.3 is 0 Å². The molecule has 1 saturated heterocycles. The molecule has 1 aliphatic heterocycles. The lowest BCUT2D eigenvalue weighted by Crippen LogP contribution is -2.39. The van der Waals surface area contributed by atoms with Crippen molar-refractivity contribution in [2.75, 3.05) is 45.2 Å². The molecule has 0 saturated carbocycles. The molecular formula is C20H33N3O4S. The van der Waals surface area contributed by atoms with Gasteiger partial charge < -0.3 is 20.5 Å². The summed E-state index contributed by atoms with van der Waals surface area (Å²) in [5.74, 6) is 0.884. The lowest BCUT2D eigenvalue weighted by molar-refractivity contribution is 0.131. The molecule has 1 aromatic rings. The van der Waals surface area contributed by atoms with Crippen molar-refractivity contribution in [1.82, 2.24) is 10.6 Å². The van der Waals surface area contributed by atoms with Crippen molar-refractivity contribution in [2.24, 2.45) is 10.4 Å². The fraction of sp³-hybridized carbons (Fsp3) is 0.650. The zero-order valence-electron chi connectivity index (χ0n) is 16.7. The second-order valence-electron chi connectivity index (χ2n) is 7.33. The predicted octanol–water partition coefficient (Wildman–Crippen LogP) is 1.34. The van der Waals surface area contributed by atoms with Crippen LogP contribution in [-0.2, 0) is 20.3 Å². The van der Waals surface area contributed by atoms with E-state index in [4.69, 9.17) is 4.74 Å². The molecule has 0 spiro atoms. The van der Waals surface area contributed by atoms with Crippen LogP contribution < -0.4 is 10.6 Å². The molecule has 0 amide bonds. The molecule has 2 rings (SSSR count). The Balaban J connectivity index is 1.80. The van der Waals surface area contributed by atoms with E-state index in [0.29, 0.717) is 45.1 Å². The highest BCUT2D eigenvalue weighted by molar-refractivity contribution is 7.90. The molecule has 1 aromatic carbocycles. The van der Waals surface area contributed by atoms with Crippen LogP contribution >= 0.6 is 0 Å². The van der Waals surface area contributed by atoms with Gasteiger partial charge in [0, 0.05) is 31.7 Å². The second kappa shape index (κ2) is 11.4. The lowest BCUT2D eigenvalue weighted by atomic mass is 9.84. The highest BCUT2D eigenvalue weighted by Crippen LogP contribution is 2.32. The minimum absolute atomic E-state index is 0.0751. The zero-order valence-corrected chi connectivity index (χ0v) is 17.5. The third kappa shape index (κ3) is 7.77. The molecule has 3 N–H and O–H groups in total. The number of nitrogens with one attached hydrogen (secondary N) is 2. The smallest absolute Gasteiger partial charge is 0.191 e. The summed E-state index contributed by atoms with van der Waals surface area (Å²) in [6.45, 7) is 5.28. The van der Waals surface area contributed by atoms with Crippen LogP contribution in [-0.4, -0.2) is 64.7 Å². The van der Waals surface area contributed by atoms with Crippen LogP contribution in [0.25, 0.3) is 0 Å². The van der Waals surface area contributed by atoms with Crippen LogP contribution in [0.3, 0.4) is 0 Å². The molecule has 8 heteroatoms. The monoisotopic (exact) mass is 411 g/mol. The van der Waals surface area contributed by atoms with Gasteiger partial charge in [-0.2, -0.15) is 0 Å². The van der Waals surface area contributed by atoms with Crippen LogP contribution in [0.2, 0.25) is 0 Å². The summed E-state index contributed by atoms with van der Waals surface area (Å²) < 4.78 is 30.0. The standard InChI is InChI=1S/C20H33N3O4S/c1-2-21-19(23-16-20(9-12-24)10-13-27-17-20)22-11-6-14-28(25,26)15-18-7-4-3-5-8-18/h3-5,7-8,24H,2,6,9-17H2,1H3,(H2,21,22,23). The number of aliphatic hydroxyl groups excluding tert-OH is 1. The van der Waals surface area contributed by atoms with Crippen molar-refractivity contribution in [1.29, 1.82) is 0 Å². The average molecular weight is 412 g/mol. The molecule has 158 valence electrons. The summed E-state index contributed by atoms with van der Waals surface area (Å²) in [7, 11) is -3.13.